The Morgan fingerprint density at radius 1 is 1.27 bits per heavy atom. The summed E-state index contributed by atoms with van der Waals surface area (Å²) in [4.78, 5) is 15.7. The van der Waals surface area contributed by atoms with E-state index < -0.39 is 0 Å². The number of para-hydroxylation sites is 1. The molecule has 0 fully saturated rings. The lowest BCUT2D eigenvalue weighted by Crippen LogP contribution is -2.03. The maximum Gasteiger partial charge on any atom is 0.309 e. The smallest absolute Gasteiger partial charge is 0.309 e. The average Bonchev–Trinajstić information content (AvgIpc) is 2.91. The Morgan fingerprint density at radius 2 is 2.09 bits per heavy atom. The fourth-order valence-electron chi connectivity index (χ4n) is 2.20. The lowest BCUT2D eigenvalue weighted by atomic mass is 10.1. The number of carbonyl (C=O) groups is 1. The molecule has 0 aliphatic rings. The summed E-state index contributed by atoms with van der Waals surface area (Å²) in [6.07, 6.45) is 0.216. The van der Waals surface area contributed by atoms with Crippen LogP contribution in [-0.4, -0.2) is 18.1 Å². The van der Waals surface area contributed by atoms with Crippen molar-refractivity contribution in [2.45, 2.75) is 13.3 Å². The van der Waals surface area contributed by atoms with Crippen LogP contribution in [0.2, 0.25) is 0 Å². The number of oxazole rings is 1. The quantitative estimate of drug-likeness (QED) is 0.745. The van der Waals surface area contributed by atoms with E-state index in [4.69, 9.17) is 4.42 Å². The van der Waals surface area contributed by atoms with E-state index in [2.05, 4.69) is 15.0 Å². The molecule has 0 saturated heterocycles. The summed E-state index contributed by atoms with van der Waals surface area (Å²) in [5.41, 5.74) is 4.26. The van der Waals surface area contributed by atoms with E-state index in [0.717, 1.165) is 22.3 Å². The van der Waals surface area contributed by atoms with Gasteiger partial charge in [-0.2, -0.15) is 4.98 Å². The monoisotopic (exact) mass is 296 g/mol. The molecule has 3 aromatic rings. The molecule has 0 radical (unpaired) electrons. The minimum absolute atomic E-state index is 0.216. The summed E-state index contributed by atoms with van der Waals surface area (Å²) in [6, 6.07) is 13.8. The molecule has 5 nitrogen and oxygen atoms in total. The molecule has 2 aromatic carbocycles. The van der Waals surface area contributed by atoms with Gasteiger partial charge < -0.3 is 14.5 Å². The molecule has 3 rings (SSSR count). The first-order valence-corrected chi connectivity index (χ1v) is 6.94. The first-order valence-electron chi connectivity index (χ1n) is 6.94. The number of carbonyl (C=O) groups excluding carboxylic acids is 1. The number of aromatic nitrogens is 1. The van der Waals surface area contributed by atoms with Crippen LogP contribution in [0.4, 0.5) is 11.7 Å². The van der Waals surface area contributed by atoms with E-state index in [1.165, 1.54) is 7.11 Å². The number of anilines is 2. The van der Waals surface area contributed by atoms with E-state index in [-0.39, 0.29) is 12.4 Å². The molecule has 112 valence electrons. The van der Waals surface area contributed by atoms with Crippen molar-refractivity contribution in [1.29, 1.82) is 0 Å². The van der Waals surface area contributed by atoms with Crippen LogP contribution in [0, 0.1) is 6.92 Å². The van der Waals surface area contributed by atoms with Crippen molar-refractivity contribution >= 4 is 28.8 Å². The zero-order valence-electron chi connectivity index (χ0n) is 12.4. The lowest BCUT2D eigenvalue weighted by Gasteiger charge is -2.04. The van der Waals surface area contributed by atoms with E-state index in [9.17, 15) is 4.79 Å². The summed E-state index contributed by atoms with van der Waals surface area (Å²) in [5.74, 6) is -0.280. The molecule has 1 N–H and O–H groups in total. The van der Waals surface area contributed by atoms with Gasteiger partial charge in [0.05, 0.1) is 13.5 Å². The van der Waals surface area contributed by atoms with Crippen molar-refractivity contribution in [3.8, 4) is 0 Å². The normalized spacial score (nSPS) is 10.6. The van der Waals surface area contributed by atoms with Gasteiger partial charge >= 0.3 is 5.97 Å². The molecular weight excluding hydrogens is 280 g/mol. The highest BCUT2D eigenvalue weighted by Gasteiger charge is 2.09. The van der Waals surface area contributed by atoms with Gasteiger partial charge in [0.2, 0.25) is 0 Å². The van der Waals surface area contributed by atoms with Gasteiger partial charge in [0.25, 0.3) is 6.01 Å². The lowest BCUT2D eigenvalue weighted by molar-refractivity contribution is -0.139. The molecule has 0 aliphatic heterocycles. The van der Waals surface area contributed by atoms with Crippen LogP contribution in [0.5, 0.6) is 0 Å². The van der Waals surface area contributed by atoms with Crippen LogP contribution in [0.15, 0.2) is 46.9 Å². The van der Waals surface area contributed by atoms with Crippen molar-refractivity contribution in [2.24, 2.45) is 0 Å². The van der Waals surface area contributed by atoms with Crippen LogP contribution in [-0.2, 0) is 16.0 Å². The SMILES string of the molecule is COC(=O)Cc1ccc2nc(Nc3ccccc3C)oc2c1. The third-order valence-electron chi connectivity index (χ3n) is 3.42. The number of methoxy groups -OCH3 is 1. The molecule has 0 atom stereocenters. The van der Waals surface area contributed by atoms with E-state index in [0.29, 0.717) is 11.6 Å². The highest BCUT2D eigenvalue weighted by molar-refractivity contribution is 5.79. The van der Waals surface area contributed by atoms with Gasteiger partial charge in [0.15, 0.2) is 5.58 Å². The maximum absolute atomic E-state index is 11.3. The fraction of sp³-hybridized carbons (Fsp3) is 0.176. The number of nitrogens with one attached hydrogen (secondary N) is 1. The molecule has 1 aromatic heterocycles. The van der Waals surface area contributed by atoms with Crippen LogP contribution in [0.1, 0.15) is 11.1 Å². The van der Waals surface area contributed by atoms with Crippen LogP contribution in [0.3, 0.4) is 0 Å². The number of fused-ring (bicyclic) bond motifs is 1. The van der Waals surface area contributed by atoms with E-state index >= 15 is 0 Å². The number of ether oxygens (including phenoxy) is 1. The van der Waals surface area contributed by atoms with E-state index in [1.54, 1.807) is 0 Å². The summed E-state index contributed by atoms with van der Waals surface area (Å²) in [6.45, 7) is 2.01. The number of hydrogen-bond acceptors (Lipinski definition) is 5. The van der Waals surface area contributed by atoms with Gasteiger partial charge in [-0.05, 0) is 36.2 Å². The Kier molecular flexibility index (Phi) is 3.78. The summed E-state index contributed by atoms with van der Waals surface area (Å²) >= 11 is 0. The minimum Gasteiger partial charge on any atom is -0.469 e. The van der Waals surface area contributed by atoms with Gasteiger partial charge in [-0.15, -0.1) is 0 Å². The summed E-state index contributed by atoms with van der Waals surface area (Å²) in [7, 11) is 1.37. The Labute approximate surface area is 127 Å². The standard InChI is InChI=1S/C17H16N2O3/c1-11-5-3-4-6-13(11)18-17-19-14-8-7-12(9-15(14)22-17)10-16(20)21-2/h3-9H,10H2,1-2H3,(H,18,19). The van der Waals surface area contributed by atoms with Crippen molar-refractivity contribution < 1.29 is 13.9 Å². The molecule has 0 unspecified atom stereocenters. The predicted octanol–water partition coefficient (Wildman–Crippen LogP) is 3.60. The van der Waals surface area contributed by atoms with Crippen molar-refractivity contribution in [2.75, 3.05) is 12.4 Å². The zero-order valence-corrected chi connectivity index (χ0v) is 12.4. The molecule has 22 heavy (non-hydrogen) atoms. The third-order valence-corrected chi connectivity index (χ3v) is 3.42. The van der Waals surface area contributed by atoms with Crippen LogP contribution >= 0.6 is 0 Å². The van der Waals surface area contributed by atoms with Crippen molar-refractivity contribution in [3.05, 3.63) is 53.6 Å². The molecule has 5 heteroatoms. The summed E-state index contributed by atoms with van der Waals surface area (Å²) in [5, 5.41) is 3.16. The molecular formula is C17H16N2O3. The van der Waals surface area contributed by atoms with Crippen molar-refractivity contribution in [1.82, 2.24) is 4.98 Å². The van der Waals surface area contributed by atoms with Gasteiger partial charge in [0, 0.05) is 5.69 Å². The number of aryl methyl sites for hydroxylation is 1. The Bertz CT molecular complexity index is 824. The van der Waals surface area contributed by atoms with Crippen LogP contribution in [0.25, 0.3) is 11.1 Å². The Balaban J connectivity index is 1.86. The minimum atomic E-state index is -0.280. The molecule has 0 saturated carbocycles. The second kappa shape index (κ2) is 5.89. The molecule has 0 spiro atoms. The highest BCUT2D eigenvalue weighted by atomic mass is 16.5. The number of rotatable bonds is 4. The zero-order chi connectivity index (χ0) is 15.5. The van der Waals surface area contributed by atoms with Crippen molar-refractivity contribution in [3.63, 3.8) is 0 Å². The molecule has 0 amide bonds. The predicted molar refractivity (Wildman–Crippen MR) is 84.2 cm³/mol. The average molecular weight is 296 g/mol. The molecule has 0 aliphatic carbocycles. The van der Waals surface area contributed by atoms with E-state index in [1.807, 2.05) is 49.4 Å². The number of benzene rings is 2. The number of nitrogens with zero attached hydrogens (tertiary/aromatic N) is 1. The van der Waals surface area contributed by atoms with Gasteiger partial charge in [0.1, 0.15) is 5.52 Å². The van der Waals surface area contributed by atoms with Gasteiger partial charge in [-0.25, -0.2) is 0 Å². The van der Waals surface area contributed by atoms with Crippen LogP contribution < -0.4 is 5.32 Å². The topological polar surface area (TPSA) is 64.4 Å². The van der Waals surface area contributed by atoms with Gasteiger partial charge in [-0.1, -0.05) is 24.3 Å². The number of esters is 1. The second-order valence-electron chi connectivity index (χ2n) is 5.01. The highest BCUT2D eigenvalue weighted by Crippen LogP contribution is 2.24. The second-order valence-corrected chi connectivity index (χ2v) is 5.01. The number of hydrogen-bond donors (Lipinski definition) is 1. The summed E-state index contributed by atoms with van der Waals surface area (Å²) < 4.78 is 10.4. The third kappa shape index (κ3) is 2.93. The first-order chi connectivity index (χ1) is 10.7. The largest absolute Gasteiger partial charge is 0.469 e. The molecule has 1 heterocycles. The first kappa shape index (κ1) is 14.1. The van der Waals surface area contributed by atoms with Gasteiger partial charge in [-0.3, -0.25) is 4.79 Å². The Hall–Kier alpha value is -2.82. The fourth-order valence-corrected chi connectivity index (χ4v) is 2.20. The molecule has 0 bridgehead atoms. The Morgan fingerprint density at radius 3 is 2.86 bits per heavy atom. The maximum atomic E-state index is 11.3.